The number of hydrogen-bond acceptors (Lipinski definition) is 2. The number of carbonyl (C=O) groups excluding carboxylic acids is 1. The van der Waals surface area contributed by atoms with Crippen LogP contribution in [0.1, 0.15) is 49.4 Å². The van der Waals surface area contributed by atoms with Crippen molar-refractivity contribution in [1.29, 1.82) is 0 Å². The van der Waals surface area contributed by atoms with Gasteiger partial charge in [-0.25, -0.2) is 0 Å². The molecule has 1 amide bonds. The maximum absolute atomic E-state index is 12.3. The largest absolute Gasteiger partial charge is 0.371 e. The van der Waals surface area contributed by atoms with Crippen molar-refractivity contribution >= 4 is 11.6 Å². The summed E-state index contributed by atoms with van der Waals surface area (Å²) in [6.07, 6.45) is 3.03. The van der Waals surface area contributed by atoms with E-state index in [0.717, 1.165) is 30.1 Å². The fourth-order valence-corrected chi connectivity index (χ4v) is 3.66. The van der Waals surface area contributed by atoms with Gasteiger partial charge in [-0.3, -0.25) is 4.79 Å². The first-order valence-corrected chi connectivity index (χ1v) is 9.71. The zero-order chi connectivity index (χ0) is 18.5. The third kappa shape index (κ3) is 4.87. The molecule has 1 aliphatic rings. The van der Waals surface area contributed by atoms with Crippen molar-refractivity contribution in [1.82, 2.24) is 5.32 Å². The van der Waals surface area contributed by atoms with Crippen molar-refractivity contribution in [3.8, 4) is 0 Å². The molecular formula is C23H30N2O. The van der Waals surface area contributed by atoms with Crippen LogP contribution < -0.4 is 10.2 Å². The highest BCUT2D eigenvalue weighted by atomic mass is 16.1. The first-order chi connectivity index (χ1) is 12.5. The molecular weight excluding hydrogens is 320 g/mol. The smallest absolute Gasteiger partial charge is 0.224 e. The highest BCUT2D eigenvalue weighted by Gasteiger charge is 2.17. The molecule has 2 unspecified atom stereocenters. The minimum absolute atomic E-state index is 0.0160. The molecule has 0 spiro atoms. The molecule has 2 atom stereocenters. The summed E-state index contributed by atoms with van der Waals surface area (Å²) in [4.78, 5) is 14.8. The Morgan fingerprint density at radius 1 is 1.15 bits per heavy atom. The van der Waals surface area contributed by atoms with Gasteiger partial charge in [-0.15, -0.1) is 0 Å². The molecule has 1 saturated heterocycles. The second-order valence-corrected chi connectivity index (χ2v) is 7.74. The lowest BCUT2D eigenvalue weighted by Crippen LogP contribution is -2.34. The van der Waals surface area contributed by atoms with Crippen LogP contribution in [0.5, 0.6) is 0 Å². The van der Waals surface area contributed by atoms with E-state index in [2.05, 4.69) is 48.3 Å². The van der Waals surface area contributed by atoms with Gasteiger partial charge in [0.25, 0.3) is 0 Å². The molecule has 3 heteroatoms. The van der Waals surface area contributed by atoms with Gasteiger partial charge in [0.2, 0.25) is 5.91 Å². The maximum Gasteiger partial charge on any atom is 0.224 e. The molecule has 0 saturated carbocycles. The van der Waals surface area contributed by atoms with Gasteiger partial charge in [-0.1, -0.05) is 48.9 Å². The summed E-state index contributed by atoms with van der Waals surface area (Å²) < 4.78 is 0. The molecule has 2 aromatic carbocycles. The van der Waals surface area contributed by atoms with Crippen LogP contribution in [0.2, 0.25) is 0 Å². The number of carbonyl (C=O) groups is 1. The molecule has 1 aliphatic heterocycles. The zero-order valence-corrected chi connectivity index (χ0v) is 16.2. The summed E-state index contributed by atoms with van der Waals surface area (Å²) in [5.41, 5.74) is 4.70. The summed E-state index contributed by atoms with van der Waals surface area (Å²) in [6.45, 7) is 8.71. The predicted molar refractivity (Wildman–Crippen MR) is 108 cm³/mol. The Morgan fingerprint density at radius 3 is 2.50 bits per heavy atom. The van der Waals surface area contributed by atoms with Gasteiger partial charge < -0.3 is 10.2 Å². The predicted octanol–water partition coefficient (Wildman–Crippen LogP) is 4.65. The maximum atomic E-state index is 12.3. The van der Waals surface area contributed by atoms with Gasteiger partial charge in [0.05, 0.1) is 12.5 Å². The van der Waals surface area contributed by atoms with Gasteiger partial charge in [0, 0.05) is 18.8 Å². The van der Waals surface area contributed by atoms with Gasteiger partial charge in [-0.2, -0.15) is 0 Å². The van der Waals surface area contributed by atoms with Crippen LogP contribution in [0.15, 0.2) is 48.5 Å². The second kappa shape index (κ2) is 8.39. The van der Waals surface area contributed by atoms with Crippen LogP contribution in [0.4, 0.5) is 5.69 Å². The number of nitrogens with zero attached hydrogens (tertiary/aromatic N) is 1. The van der Waals surface area contributed by atoms with E-state index in [4.69, 9.17) is 0 Å². The molecule has 0 bridgehead atoms. The zero-order valence-electron chi connectivity index (χ0n) is 16.2. The summed E-state index contributed by atoms with van der Waals surface area (Å²) >= 11 is 0. The Balaban J connectivity index is 1.56. The normalized spacial score (nSPS) is 18.4. The molecule has 26 heavy (non-hydrogen) atoms. The van der Waals surface area contributed by atoms with E-state index in [9.17, 15) is 4.79 Å². The topological polar surface area (TPSA) is 32.3 Å². The molecule has 1 N–H and O–H groups in total. The summed E-state index contributed by atoms with van der Waals surface area (Å²) in [6, 6.07) is 16.8. The minimum atomic E-state index is 0.0160. The van der Waals surface area contributed by atoms with Crippen LogP contribution >= 0.6 is 0 Å². The van der Waals surface area contributed by atoms with E-state index in [1.54, 1.807) is 0 Å². The second-order valence-electron chi connectivity index (χ2n) is 7.74. The lowest BCUT2D eigenvalue weighted by molar-refractivity contribution is -0.121. The quantitative estimate of drug-likeness (QED) is 0.851. The SMILES string of the molecule is Cc1ccc(CC(=O)NC(C)c2ccc(N3CCCC(C)C3)cc2)cc1. The number of rotatable bonds is 5. The van der Waals surface area contributed by atoms with Crippen LogP contribution in [0.3, 0.4) is 0 Å². The average molecular weight is 351 g/mol. The number of anilines is 1. The molecule has 138 valence electrons. The lowest BCUT2D eigenvalue weighted by Gasteiger charge is -2.33. The van der Waals surface area contributed by atoms with Gasteiger partial charge in [0.15, 0.2) is 0 Å². The van der Waals surface area contributed by atoms with Gasteiger partial charge in [0.1, 0.15) is 0 Å². The summed E-state index contributed by atoms with van der Waals surface area (Å²) in [5, 5.41) is 3.11. The Bertz CT molecular complexity index is 721. The van der Waals surface area contributed by atoms with E-state index in [1.807, 2.05) is 31.2 Å². The van der Waals surface area contributed by atoms with Crippen molar-refractivity contribution in [2.24, 2.45) is 5.92 Å². The van der Waals surface area contributed by atoms with Crippen molar-refractivity contribution in [3.63, 3.8) is 0 Å². The number of nitrogens with one attached hydrogen (secondary N) is 1. The van der Waals surface area contributed by atoms with E-state index < -0.39 is 0 Å². The van der Waals surface area contributed by atoms with E-state index in [-0.39, 0.29) is 11.9 Å². The van der Waals surface area contributed by atoms with Crippen LogP contribution in [-0.2, 0) is 11.2 Å². The van der Waals surface area contributed by atoms with E-state index in [1.165, 1.54) is 24.1 Å². The molecule has 0 aliphatic carbocycles. The van der Waals surface area contributed by atoms with E-state index in [0.29, 0.717) is 6.42 Å². The highest BCUT2D eigenvalue weighted by Crippen LogP contribution is 2.24. The van der Waals surface area contributed by atoms with Crippen molar-refractivity contribution < 1.29 is 4.79 Å². The first-order valence-electron chi connectivity index (χ1n) is 9.71. The lowest BCUT2D eigenvalue weighted by atomic mass is 9.99. The number of amides is 1. The summed E-state index contributed by atoms with van der Waals surface area (Å²) in [5.74, 6) is 0.832. The van der Waals surface area contributed by atoms with Crippen LogP contribution in [0, 0.1) is 12.8 Å². The number of benzene rings is 2. The van der Waals surface area contributed by atoms with Crippen LogP contribution in [0.25, 0.3) is 0 Å². The molecule has 0 radical (unpaired) electrons. The standard InChI is InChI=1S/C23H30N2O/c1-17-6-8-20(9-7-17)15-23(26)24-19(3)21-10-12-22(13-11-21)25-14-4-5-18(2)16-25/h6-13,18-19H,4-5,14-16H2,1-3H3,(H,24,26). The average Bonchev–Trinajstić information content (AvgIpc) is 2.64. The number of hydrogen-bond donors (Lipinski definition) is 1. The monoisotopic (exact) mass is 350 g/mol. The number of piperidine rings is 1. The molecule has 2 aromatic rings. The van der Waals surface area contributed by atoms with E-state index >= 15 is 0 Å². The van der Waals surface area contributed by atoms with Gasteiger partial charge in [-0.05, 0) is 55.9 Å². The van der Waals surface area contributed by atoms with Gasteiger partial charge >= 0.3 is 0 Å². The molecule has 1 fully saturated rings. The van der Waals surface area contributed by atoms with Crippen molar-refractivity contribution in [2.45, 2.75) is 46.1 Å². The molecule has 3 rings (SSSR count). The Labute approximate surface area is 157 Å². The highest BCUT2D eigenvalue weighted by molar-refractivity contribution is 5.79. The fourth-order valence-electron chi connectivity index (χ4n) is 3.66. The Kier molecular flexibility index (Phi) is 5.97. The number of aryl methyl sites for hydroxylation is 1. The van der Waals surface area contributed by atoms with Crippen LogP contribution in [-0.4, -0.2) is 19.0 Å². The molecule has 1 heterocycles. The summed E-state index contributed by atoms with van der Waals surface area (Å²) in [7, 11) is 0. The fraction of sp³-hybridized carbons (Fsp3) is 0.435. The molecule has 3 nitrogen and oxygen atoms in total. The minimum Gasteiger partial charge on any atom is -0.371 e. The van der Waals surface area contributed by atoms with Crippen molar-refractivity contribution in [3.05, 3.63) is 65.2 Å². The Hall–Kier alpha value is -2.29. The third-order valence-corrected chi connectivity index (χ3v) is 5.28. The first kappa shape index (κ1) is 18.5. The third-order valence-electron chi connectivity index (χ3n) is 5.28. The van der Waals surface area contributed by atoms with Crippen molar-refractivity contribution in [2.75, 3.05) is 18.0 Å². The molecule has 0 aromatic heterocycles. The Morgan fingerprint density at radius 2 is 1.85 bits per heavy atom.